The zero-order chi connectivity index (χ0) is 14.6. The monoisotopic (exact) mass is 297 g/mol. The maximum absolute atomic E-state index is 11.4. The molecule has 0 radical (unpaired) electrons. The Kier molecular flexibility index (Phi) is 5.05. The van der Waals surface area contributed by atoms with E-state index in [1.165, 1.54) is 11.8 Å². The maximum Gasteiger partial charge on any atom is 0.147 e. The van der Waals surface area contributed by atoms with Crippen molar-refractivity contribution in [2.45, 2.75) is 31.7 Å². The van der Waals surface area contributed by atoms with Crippen LogP contribution in [0.15, 0.2) is 24.3 Å². The van der Waals surface area contributed by atoms with Gasteiger partial charge in [0.1, 0.15) is 15.6 Å². The molecule has 0 saturated heterocycles. The summed E-state index contributed by atoms with van der Waals surface area (Å²) in [5, 5.41) is 3.48. The number of para-hydroxylation sites is 1. The topological polar surface area (TPSA) is 55.4 Å². The van der Waals surface area contributed by atoms with Crippen LogP contribution in [-0.4, -0.2) is 39.6 Å². The van der Waals surface area contributed by atoms with Crippen LogP contribution < -0.4 is 10.1 Å². The molecule has 1 aliphatic rings. The van der Waals surface area contributed by atoms with Crippen molar-refractivity contribution in [1.82, 2.24) is 5.32 Å². The van der Waals surface area contributed by atoms with Gasteiger partial charge in [-0.15, -0.1) is 0 Å². The van der Waals surface area contributed by atoms with Gasteiger partial charge in [-0.2, -0.15) is 0 Å². The largest absolute Gasteiger partial charge is 0.493 e. The molecule has 0 saturated carbocycles. The molecule has 2 unspecified atom stereocenters. The van der Waals surface area contributed by atoms with Crippen molar-refractivity contribution in [3.8, 4) is 5.75 Å². The molecular weight excluding hydrogens is 274 g/mol. The zero-order valence-corrected chi connectivity index (χ0v) is 12.9. The lowest BCUT2D eigenvalue weighted by molar-refractivity contribution is 0.295. The van der Waals surface area contributed by atoms with Crippen molar-refractivity contribution in [2.75, 3.05) is 25.2 Å². The molecule has 0 aliphatic carbocycles. The van der Waals surface area contributed by atoms with E-state index in [0.717, 1.165) is 18.7 Å². The molecular formula is C15H23NO3S. The van der Waals surface area contributed by atoms with Crippen LogP contribution in [0.3, 0.4) is 0 Å². The van der Waals surface area contributed by atoms with Gasteiger partial charge in [0.05, 0.1) is 12.4 Å². The van der Waals surface area contributed by atoms with Gasteiger partial charge in [0.15, 0.2) is 0 Å². The molecule has 1 aromatic rings. The van der Waals surface area contributed by atoms with Crippen molar-refractivity contribution in [1.29, 1.82) is 0 Å². The van der Waals surface area contributed by atoms with E-state index in [9.17, 15) is 8.42 Å². The Morgan fingerprint density at radius 1 is 1.40 bits per heavy atom. The van der Waals surface area contributed by atoms with Crippen LogP contribution in [0.25, 0.3) is 0 Å². The Morgan fingerprint density at radius 3 is 2.85 bits per heavy atom. The third kappa shape index (κ3) is 3.96. The van der Waals surface area contributed by atoms with Gasteiger partial charge in [0.25, 0.3) is 0 Å². The van der Waals surface area contributed by atoms with Crippen LogP contribution in [0, 0.1) is 0 Å². The fraction of sp³-hybridized carbons (Fsp3) is 0.600. The molecule has 2 rings (SSSR count). The first-order valence-corrected chi connectivity index (χ1v) is 9.20. The molecule has 0 amide bonds. The highest BCUT2D eigenvalue weighted by molar-refractivity contribution is 7.90. The van der Waals surface area contributed by atoms with Gasteiger partial charge in [-0.3, -0.25) is 0 Å². The molecule has 5 heteroatoms. The fourth-order valence-corrected chi connectivity index (χ4v) is 3.32. The first kappa shape index (κ1) is 15.3. The highest BCUT2D eigenvalue weighted by Gasteiger charge is 2.31. The number of hydrogen-bond acceptors (Lipinski definition) is 4. The minimum absolute atomic E-state index is 0.147. The zero-order valence-electron chi connectivity index (χ0n) is 12.1. The van der Waals surface area contributed by atoms with E-state index in [0.29, 0.717) is 13.0 Å². The first-order chi connectivity index (χ1) is 9.51. The summed E-state index contributed by atoms with van der Waals surface area (Å²) in [6, 6.07) is 8.17. The van der Waals surface area contributed by atoms with Gasteiger partial charge in [0, 0.05) is 23.8 Å². The van der Waals surface area contributed by atoms with Crippen LogP contribution in [-0.2, 0) is 9.84 Å². The molecule has 112 valence electrons. The van der Waals surface area contributed by atoms with E-state index in [-0.39, 0.29) is 17.7 Å². The summed E-state index contributed by atoms with van der Waals surface area (Å²) in [5.41, 5.74) is 1.19. The average Bonchev–Trinajstić information content (AvgIpc) is 2.82. The van der Waals surface area contributed by atoms with Crippen LogP contribution in [0.2, 0.25) is 0 Å². The molecule has 20 heavy (non-hydrogen) atoms. The van der Waals surface area contributed by atoms with Gasteiger partial charge < -0.3 is 10.1 Å². The normalized spacial score (nSPS) is 19.4. The molecule has 1 aliphatic heterocycles. The van der Waals surface area contributed by atoms with Gasteiger partial charge in [0.2, 0.25) is 0 Å². The minimum atomic E-state index is -2.93. The average molecular weight is 297 g/mol. The van der Waals surface area contributed by atoms with E-state index in [2.05, 4.69) is 18.3 Å². The smallest absolute Gasteiger partial charge is 0.147 e. The molecule has 0 fully saturated rings. The molecule has 0 aromatic heterocycles. The Labute approximate surface area is 121 Å². The summed E-state index contributed by atoms with van der Waals surface area (Å²) in [7, 11) is -2.93. The van der Waals surface area contributed by atoms with Crippen LogP contribution in [0.4, 0.5) is 0 Å². The standard InChI is InChI=1S/C15H23NO3S/c1-3-9-16-14(8-10-20(2,17)18)13-11-19-15-7-5-4-6-12(13)15/h4-7,13-14,16H,3,8-11H2,1-2H3. The molecule has 1 aromatic carbocycles. The lowest BCUT2D eigenvalue weighted by Gasteiger charge is -2.24. The minimum Gasteiger partial charge on any atom is -0.493 e. The molecule has 2 atom stereocenters. The summed E-state index contributed by atoms with van der Waals surface area (Å²) in [5.74, 6) is 1.38. The second-order valence-electron chi connectivity index (χ2n) is 5.43. The van der Waals surface area contributed by atoms with Crippen molar-refractivity contribution < 1.29 is 13.2 Å². The molecule has 1 N–H and O–H groups in total. The van der Waals surface area contributed by atoms with Crippen molar-refractivity contribution in [2.24, 2.45) is 0 Å². The Morgan fingerprint density at radius 2 is 2.15 bits per heavy atom. The van der Waals surface area contributed by atoms with Gasteiger partial charge in [-0.05, 0) is 25.5 Å². The number of benzene rings is 1. The maximum atomic E-state index is 11.4. The van der Waals surface area contributed by atoms with Crippen molar-refractivity contribution in [3.63, 3.8) is 0 Å². The Hall–Kier alpha value is -1.07. The van der Waals surface area contributed by atoms with E-state index in [1.54, 1.807) is 0 Å². The van der Waals surface area contributed by atoms with E-state index in [4.69, 9.17) is 4.74 Å². The highest BCUT2D eigenvalue weighted by Crippen LogP contribution is 2.36. The number of rotatable bonds is 7. The lowest BCUT2D eigenvalue weighted by Crippen LogP contribution is -2.37. The van der Waals surface area contributed by atoms with E-state index < -0.39 is 9.84 Å². The van der Waals surface area contributed by atoms with E-state index >= 15 is 0 Å². The highest BCUT2D eigenvalue weighted by atomic mass is 32.2. The SMILES string of the molecule is CCCNC(CCS(C)(=O)=O)C1COc2ccccc21. The lowest BCUT2D eigenvalue weighted by atomic mass is 9.91. The van der Waals surface area contributed by atoms with Crippen LogP contribution in [0.1, 0.15) is 31.2 Å². The Bertz CT molecular complexity index is 542. The summed E-state index contributed by atoms with van der Waals surface area (Å²) in [6.07, 6.45) is 2.95. The number of nitrogens with one attached hydrogen (secondary N) is 1. The van der Waals surface area contributed by atoms with Gasteiger partial charge in [-0.25, -0.2) is 8.42 Å². The van der Waals surface area contributed by atoms with Gasteiger partial charge >= 0.3 is 0 Å². The van der Waals surface area contributed by atoms with Crippen molar-refractivity contribution >= 4 is 9.84 Å². The number of fused-ring (bicyclic) bond motifs is 1. The third-order valence-corrected chi connectivity index (χ3v) is 4.66. The fourth-order valence-electron chi connectivity index (χ4n) is 2.64. The summed E-state index contributed by atoms with van der Waals surface area (Å²) >= 11 is 0. The Balaban J connectivity index is 2.11. The van der Waals surface area contributed by atoms with Crippen molar-refractivity contribution in [3.05, 3.63) is 29.8 Å². The van der Waals surface area contributed by atoms with Crippen LogP contribution >= 0.6 is 0 Å². The summed E-state index contributed by atoms with van der Waals surface area (Å²) in [4.78, 5) is 0. The predicted molar refractivity (Wildman–Crippen MR) is 81.1 cm³/mol. The summed E-state index contributed by atoms with van der Waals surface area (Å²) < 4.78 is 28.5. The third-order valence-electron chi connectivity index (χ3n) is 3.68. The molecule has 1 heterocycles. The molecule has 0 spiro atoms. The second-order valence-corrected chi connectivity index (χ2v) is 7.69. The number of ether oxygens (including phenoxy) is 1. The number of sulfone groups is 1. The predicted octanol–water partition coefficient (Wildman–Crippen LogP) is 1.97. The summed E-state index contributed by atoms with van der Waals surface area (Å²) in [6.45, 7) is 3.64. The van der Waals surface area contributed by atoms with Gasteiger partial charge in [-0.1, -0.05) is 25.1 Å². The first-order valence-electron chi connectivity index (χ1n) is 7.14. The second kappa shape index (κ2) is 6.59. The quantitative estimate of drug-likeness (QED) is 0.836. The number of hydrogen-bond donors (Lipinski definition) is 1. The van der Waals surface area contributed by atoms with Crippen LogP contribution in [0.5, 0.6) is 5.75 Å². The molecule has 0 bridgehead atoms. The molecule has 4 nitrogen and oxygen atoms in total. The van der Waals surface area contributed by atoms with E-state index in [1.807, 2.05) is 18.2 Å².